The lowest BCUT2D eigenvalue weighted by molar-refractivity contribution is 0.122. The Hall–Kier alpha value is -9.33. The SMILES string of the molecule is C=S1(=O)CCCN1C1CCCN(c2nc(C(F)F)nc3ccccc23)C1.C=S1(=O)CCCN1C1CCCN(c2nc(C)nc3cc(F)c(OC)cc23)C1.C=S1(=O)CCCN1C1CCCN(c2nc(C)nc3ccc(OC)cc23)C1.C=S1(=O)CCCN1C1CCCN(c2ncnc3cc(F)c(F)cc23)C1.O=S(=O)(CC1CCCN(c2nc(Cl)nc3cc(N4CCOCC4)ccc23)C1)c1cccs1. The van der Waals surface area contributed by atoms with Crippen molar-refractivity contribution in [3.05, 3.63) is 149 Å². The van der Waals surface area contributed by atoms with Crippen LogP contribution in [0.15, 0.2) is 113 Å². The van der Waals surface area contributed by atoms with Gasteiger partial charge in [0.05, 0.1) is 60.8 Å². The molecule has 41 heteroatoms. The molecule has 0 amide bonds. The highest BCUT2D eigenvalue weighted by molar-refractivity contribution is 7.99. The molecule has 730 valence electrons. The van der Waals surface area contributed by atoms with E-state index in [4.69, 9.17) is 30.8 Å². The number of halogens is 6. The first kappa shape index (κ1) is 98.3. The van der Waals surface area contributed by atoms with E-state index in [1.807, 2.05) is 57.7 Å². The molecule has 10 fully saturated rings. The number of sulfone groups is 1. The number of morpholine rings is 1. The average Bonchev–Trinajstić information content (AvgIpc) is 1.31. The number of methoxy groups -OCH3 is 2. The van der Waals surface area contributed by atoms with Crippen LogP contribution in [-0.4, -0.2) is 301 Å². The molecule has 5 aromatic carbocycles. The molecule has 0 spiro atoms. The van der Waals surface area contributed by atoms with Crippen LogP contribution in [-0.2, 0) is 53.4 Å². The Balaban J connectivity index is 0.000000118. The van der Waals surface area contributed by atoms with Gasteiger partial charge in [-0.1, -0.05) is 18.2 Å². The fraction of sp³-hybridized carbons (Fsp3) is 0.495. The van der Waals surface area contributed by atoms with E-state index in [1.165, 1.54) is 30.8 Å². The number of thiophene rings is 1. The number of hydrogen-bond acceptors (Lipinski definition) is 26. The minimum absolute atomic E-state index is 0.0484. The van der Waals surface area contributed by atoms with Gasteiger partial charge < -0.3 is 43.6 Å². The fourth-order valence-corrected chi connectivity index (χ4v) is 31.6. The van der Waals surface area contributed by atoms with Gasteiger partial charge in [0, 0.05) is 235 Å². The van der Waals surface area contributed by atoms with Crippen molar-refractivity contribution in [2.24, 2.45) is 5.92 Å². The zero-order chi connectivity index (χ0) is 95.5. The highest BCUT2D eigenvalue weighted by Crippen LogP contribution is 2.41. The average molecular weight is 2010 g/mol. The van der Waals surface area contributed by atoms with Crippen LogP contribution < -0.4 is 38.9 Å². The second-order valence-corrected chi connectivity index (χ2v) is 49.7. The van der Waals surface area contributed by atoms with Crippen LogP contribution in [0.25, 0.3) is 54.5 Å². The van der Waals surface area contributed by atoms with Crippen molar-refractivity contribution in [2.45, 2.75) is 139 Å². The molecule has 0 bridgehead atoms. The van der Waals surface area contributed by atoms with Crippen molar-refractivity contribution in [3.8, 4) is 11.5 Å². The van der Waals surface area contributed by atoms with E-state index in [0.29, 0.717) is 80.5 Å². The molecule has 10 aliphatic rings. The summed E-state index contributed by atoms with van der Waals surface area (Å²) < 4.78 is 169. The third-order valence-electron chi connectivity index (χ3n) is 27.1. The number of benzene rings is 5. The fourth-order valence-electron chi connectivity index (χ4n) is 20.7. The molecule has 10 aliphatic heterocycles. The predicted octanol–water partition coefficient (Wildman–Crippen LogP) is 13.6. The number of alkyl halides is 2. The van der Waals surface area contributed by atoms with E-state index in [2.05, 4.69) is 120 Å². The largest absolute Gasteiger partial charge is 0.497 e. The number of para-hydroxylation sites is 1. The zero-order valence-corrected chi connectivity index (χ0v) is 82.8. The van der Waals surface area contributed by atoms with E-state index in [1.54, 1.807) is 42.8 Å². The van der Waals surface area contributed by atoms with Crippen LogP contribution in [0.5, 0.6) is 11.5 Å². The summed E-state index contributed by atoms with van der Waals surface area (Å²) in [6.07, 6.45) is 12.0. The Morgan fingerprint density at radius 1 is 0.449 bits per heavy atom. The van der Waals surface area contributed by atoms with Gasteiger partial charge in [-0.3, -0.25) is 16.8 Å². The first-order valence-electron chi connectivity index (χ1n) is 46.5. The van der Waals surface area contributed by atoms with Gasteiger partial charge in [-0.25, -0.2) is 92.4 Å². The Bertz CT molecular complexity index is 6810. The molecular formula is C95H118ClF5N20O9S6. The van der Waals surface area contributed by atoms with Crippen molar-refractivity contribution < 1.29 is 61.4 Å². The molecule has 6 aromatic heterocycles. The summed E-state index contributed by atoms with van der Waals surface area (Å²) in [7, 11) is -8.79. The van der Waals surface area contributed by atoms with Gasteiger partial charge >= 0.3 is 0 Å². The normalized spacial score (nSPS) is 25.6. The molecule has 9 unspecified atom stereocenters. The third-order valence-corrected chi connectivity index (χ3v) is 39.7. The highest BCUT2D eigenvalue weighted by atomic mass is 35.5. The molecule has 0 saturated carbocycles. The lowest BCUT2D eigenvalue weighted by atomic mass is 9.99. The van der Waals surface area contributed by atoms with Crippen LogP contribution >= 0.6 is 22.9 Å². The molecule has 29 nitrogen and oxygen atoms in total. The van der Waals surface area contributed by atoms with Crippen molar-refractivity contribution in [1.29, 1.82) is 0 Å². The monoisotopic (exact) mass is 2000 g/mol. The first-order valence-corrected chi connectivity index (χ1v) is 56.9. The maximum Gasteiger partial charge on any atom is 0.297 e. The van der Waals surface area contributed by atoms with Crippen LogP contribution in [0, 0.1) is 37.2 Å². The molecule has 11 aromatic rings. The van der Waals surface area contributed by atoms with Crippen molar-refractivity contribution in [3.63, 3.8) is 0 Å². The van der Waals surface area contributed by atoms with Crippen molar-refractivity contribution >= 4 is 184 Å². The minimum Gasteiger partial charge on any atom is -0.497 e. The Morgan fingerprint density at radius 2 is 0.919 bits per heavy atom. The summed E-state index contributed by atoms with van der Waals surface area (Å²) in [4.78, 5) is 57.0. The van der Waals surface area contributed by atoms with Crippen LogP contribution in [0.4, 0.5) is 56.7 Å². The van der Waals surface area contributed by atoms with Gasteiger partial charge in [-0.2, -0.15) is 4.98 Å². The van der Waals surface area contributed by atoms with Crippen LogP contribution in [0.2, 0.25) is 5.28 Å². The molecule has 9 atom stereocenters. The summed E-state index contributed by atoms with van der Waals surface area (Å²) in [5.41, 5.74) is 4.31. The zero-order valence-electron chi connectivity index (χ0n) is 77.2. The second-order valence-electron chi connectivity index (χ2n) is 36.4. The number of fused-ring (bicyclic) bond motifs is 5. The number of rotatable bonds is 16. The van der Waals surface area contributed by atoms with Gasteiger partial charge in [0.1, 0.15) is 57.0 Å². The van der Waals surface area contributed by atoms with E-state index in [-0.39, 0.29) is 46.9 Å². The van der Waals surface area contributed by atoms with Gasteiger partial charge in [-0.15, -0.1) is 11.3 Å². The number of nitrogens with zero attached hydrogens (tertiary/aromatic N) is 20. The Morgan fingerprint density at radius 3 is 1.44 bits per heavy atom. The van der Waals surface area contributed by atoms with Gasteiger partial charge in [0.25, 0.3) is 6.43 Å². The van der Waals surface area contributed by atoms with Gasteiger partial charge in [-0.05, 0) is 217 Å². The van der Waals surface area contributed by atoms with Gasteiger partial charge in [0.15, 0.2) is 38.9 Å². The summed E-state index contributed by atoms with van der Waals surface area (Å²) in [6.45, 7) is 17.8. The van der Waals surface area contributed by atoms with Crippen LogP contribution in [0.1, 0.15) is 114 Å². The molecular weight excluding hydrogens is 1890 g/mol. The molecule has 16 heterocycles. The summed E-state index contributed by atoms with van der Waals surface area (Å²) >= 11 is 7.60. The first-order chi connectivity index (χ1) is 65.3. The second kappa shape index (κ2) is 42.0. The topological polar surface area (TPSA) is 291 Å². The summed E-state index contributed by atoms with van der Waals surface area (Å²) in [6, 6.07) is 28.9. The van der Waals surface area contributed by atoms with E-state index in [0.717, 1.165) is 273 Å². The molecule has 0 N–H and O–H groups in total. The number of hydrogen-bond donors (Lipinski definition) is 0. The van der Waals surface area contributed by atoms with E-state index in [9.17, 15) is 47.2 Å². The van der Waals surface area contributed by atoms with E-state index >= 15 is 0 Å². The molecule has 136 heavy (non-hydrogen) atoms. The number of ether oxygens (including phenoxy) is 3. The van der Waals surface area contributed by atoms with E-state index < -0.39 is 78.4 Å². The highest BCUT2D eigenvalue weighted by Gasteiger charge is 2.40. The van der Waals surface area contributed by atoms with Crippen LogP contribution in [0.3, 0.4) is 0 Å². The smallest absolute Gasteiger partial charge is 0.297 e. The standard InChI is InChI=1S/C22H25ClN4O3S2.C19H25FN4O2S.C19H26N4O2S.C18H22F2N4OS.C17H20F2N4OS/c23-22-24-19-13-17(26-8-10-30-11-9-26)5-6-18(19)21(25-22)27-7-1-3-16(14-27)15-32(28,29)20-4-2-12-31-20;1-13-21-17-11-16(20)18(26-2)10-15(17)19(22-13)23-7-4-6-14(12-23)24-8-5-9-27(24,3)25;1-14-20-18-8-7-16(25-2)12-17(18)19(21-14)22-9-4-6-15(13-22)23-10-5-11-26(23,3)24;1-26(25)11-5-10-24(26)13-6-4-9-23(12-13)18-14-7-2-3-8-15(14)21-17(22-18)16(19)20;1-25(24)7-3-6-23(25)12-4-2-5-22(10-12)17-13-8-14(18)15(19)9-16(13)20-11-21-17/h2,4-6,12-13,16H,1,3,7-11,14-15H2;10-11,14H,3-9,12H2,1-2H3;7-8,12,15H,3-6,9-11,13H2,1-2H3;2-3,7-8,13,16H,1,4-6,9-12H2;8-9,11-12H,1-7,10H2. The number of aromatic nitrogens is 10. The molecule has 0 aliphatic carbocycles. The number of piperidine rings is 5. The quantitative estimate of drug-likeness (QED) is 0.0493. The van der Waals surface area contributed by atoms with Gasteiger partial charge in [0.2, 0.25) is 5.28 Å². The Labute approximate surface area is 802 Å². The van der Waals surface area contributed by atoms with Crippen molar-refractivity contribution in [1.82, 2.24) is 67.1 Å². The molecule has 21 rings (SSSR count). The number of aryl methyl sites for hydroxylation is 2. The maximum atomic E-state index is 14.1. The summed E-state index contributed by atoms with van der Waals surface area (Å²) in [5.74, 6) is 22.0. The number of anilines is 6. The molecule has 10 saturated heterocycles. The molecule has 0 radical (unpaired) electrons. The maximum absolute atomic E-state index is 14.1. The minimum atomic E-state index is -3.27. The Kier molecular flexibility index (Phi) is 30.3. The van der Waals surface area contributed by atoms with Crippen molar-refractivity contribution in [2.75, 3.05) is 190 Å². The lowest BCUT2D eigenvalue weighted by Gasteiger charge is -2.39. The summed E-state index contributed by atoms with van der Waals surface area (Å²) in [5, 5.41) is 6.00. The third kappa shape index (κ3) is 22.1. The lowest BCUT2D eigenvalue weighted by Crippen LogP contribution is -2.48. The predicted molar refractivity (Wildman–Crippen MR) is 541 cm³/mol.